The Morgan fingerprint density at radius 1 is 1.25 bits per heavy atom. The summed E-state index contributed by atoms with van der Waals surface area (Å²) in [6.07, 6.45) is 3.19. The van der Waals surface area contributed by atoms with Gasteiger partial charge in [0.15, 0.2) is 9.84 Å². The second-order valence-corrected chi connectivity index (χ2v) is 6.80. The quantitative estimate of drug-likeness (QED) is 0.916. The molecule has 6 heteroatoms. The number of sulfone groups is 1. The molecule has 0 amide bonds. The standard InChI is InChI=1S/C14H19N3O2S/c1-4-15-14-16-11(2)9-17(14)10-12-5-7-13(8-6-12)20(3,18)19/h5-9H,4,10H2,1-3H3,(H,15,16). The number of aryl methyl sites for hydroxylation is 1. The van der Waals surface area contributed by atoms with E-state index in [-0.39, 0.29) is 0 Å². The van der Waals surface area contributed by atoms with Crippen LogP contribution in [0.15, 0.2) is 35.4 Å². The summed E-state index contributed by atoms with van der Waals surface area (Å²) in [5.41, 5.74) is 1.99. The average molecular weight is 293 g/mol. The topological polar surface area (TPSA) is 64.0 Å². The van der Waals surface area contributed by atoms with E-state index in [4.69, 9.17) is 0 Å². The summed E-state index contributed by atoms with van der Waals surface area (Å²) in [5, 5.41) is 3.21. The predicted octanol–water partition coefficient (Wildman–Crippen LogP) is 2.08. The smallest absolute Gasteiger partial charge is 0.203 e. The van der Waals surface area contributed by atoms with E-state index in [2.05, 4.69) is 10.3 Å². The van der Waals surface area contributed by atoms with Crippen LogP contribution >= 0.6 is 0 Å². The van der Waals surface area contributed by atoms with Crippen molar-refractivity contribution in [3.8, 4) is 0 Å². The monoisotopic (exact) mass is 293 g/mol. The molecule has 0 aliphatic carbocycles. The molecule has 0 bridgehead atoms. The van der Waals surface area contributed by atoms with Gasteiger partial charge in [0.05, 0.1) is 17.1 Å². The second-order valence-electron chi connectivity index (χ2n) is 4.78. The van der Waals surface area contributed by atoms with Crippen LogP contribution in [0.4, 0.5) is 5.95 Å². The molecule has 5 nitrogen and oxygen atoms in total. The molecule has 20 heavy (non-hydrogen) atoms. The third kappa shape index (κ3) is 3.39. The first-order valence-corrected chi connectivity index (χ1v) is 8.36. The Morgan fingerprint density at radius 2 is 1.90 bits per heavy atom. The molecule has 1 heterocycles. The maximum Gasteiger partial charge on any atom is 0.203 e. The van der Waals surface area contributed by atoms with Crippen molar-refractivity contribution in [1.29, 1.82) is 0 Å². The number of hydrogen-bond acceptors (Lipinski definition) is 4. The van der Waals surface area contributed by atoms with Crippen molar-refractivity contribution in [3.05, 3.63) is 41.7 Å². The summed E-state index contributed by atoms with van der Waals surface area (Å²) in [6, 6.07) is 6.95. The van der Waals surface area contributed by atoms with Crippen LogP contribution in [0.3, 0.4) is 0 Å². The Kier molecular flexibility index (Phi) is 4.13. The number of hydrogen-bond donors (Lipinski definition) is 1. The first-order chi connectivity index (χ1) is 9.40. The van der Waals surface area contributed by atoms with Crippen LogP contribution in [0.5, 0.6) is 0 Å². The van der Waals surface area contributed by atoms with Gasteiger partial charge in [-0.1, -0.05) is 12.1 Å². The van der Waals surface area contributed by atoms with Gasteiger partial charge in [-0.25, -0.2) is 13.4 Å². The van der Waals surface area contributed by atoms with Crippen molar-refractivity contribution in [1.82, 2.24) is 9.55 Å². The van der Waals surface area contributed by atoms with E-state index in [9.17, 15) is 8.42 Å². The van der Waals surface area contributed by atoms with E-state index in [1.165, 1.54) is 6.26 Å². The molecule has 2 aromatic rings. The molecule has 0 atom stereocenters. The van der Waals surface area contributed by atoms with E-state index in [1.54, 1.807) is 12.1 Å². The van der Waals surface area contributed by atoms with Gasteiger partial charge in [-0.2, -0.15) is 0 Å². The van der Waals surface area contributed by atoms with Crippen molar-refractivity contribution < 1.29 is 8.42 Å². The van der Waals surface area contributed by atoms with Gasteiger partial charge in [0.1, 0.15) is 0 Å². The van der Waals surface area contributed by atoms with Crippen molar-refractivity contribution in [2.75, 3.05) is 18.1 Å². The van der Waals surface area contributed by atoms with E-state index in [0.29, 0.717) is 11.4 Å². The zero-order valence-corrected chi connectivity index (χ0v) is 12.7. The molecule has 0 fully saturated rings. The highest BCUT2D eigenvalue weighted by Crippen LogP contribution is 2.14. The minimum absolute atomic E-state index is 0.343. The second kappa shape index (κ2) is 5.66. The van der Waals surface area contributed by atoms with Gasteiger partial charge in [-0.3, -0.25) is 0 Å². The van der Waals surface area contributed by atoms with Crippen molar-refractivity contribution >= 4 is 15.8 Å². The maximum absolute atomic E-state index is 11.4. The average Bonchev–Trinajstić information content (AvgIpc) is 2.69. The van der Waals surface area contributed by atoms with Crippen LogP contribution in [0.2, 0.25) is 0 Å². The molecule has 2 rings (SSSR count). The lowest BCUT2D eigenvalue weighted by molar-refractivity contribution is 0.602. The Bertz CT molecular complexity index is 688. The highest BCUT2D eigenvalue weighted by atomic mass is 32.2. The molecule has 0 saturated carbocycles. The Hall–Kier alpha value is -1.82. The molecule has 0 radical (unpaired) electrons. The molecular formula is C14H19N3O2S. The van der Waals surface area contributed by atoms with Crippen LogP contribution in [0, 0.1) is 6.92 Å². The van der Waals surface area contributed by atoms with Crippen LogP contribution in [0.25, 0.3) is 0 Å². The first kappa shape index (κ1) is 14.6. The highest BCUT2D eigenvalue weighted by Gasteiger charge is 2.08. The summed E-state index contributed by atoms with van der Waals surface area (Å²) in [4.78, 5) is 4.75. The Balaban J connectivity index is 2.22. The molecule has 0 spiro atoms. The number of nitrogens with one attached hydrogen (secondary N) is 1. The zero-order valence-electron chi connectivity index (χ0n) is 11.9. The van der Waals surface area contributed by atoms with E-state index in [1.807, 2.05) is 36.7 Å². The minimum atomic E-state index is -3.14. The lowest BCUT2D eigenvalue weighted by Crippen LogP contribution is -2.07. The van der Waals surface area contributed by atoms with Gasteiger partial charge < -0.3 is 9.88 Å². The molecule has 1 aromatic carbocycles. The van der Waals surface area contributed by atoms with Crippen LogP contribution in [0.1, 0.15) is 18.2 Å². The van der Waals surface area contributed by atoms with Crippen molar-refractivity contribution in [2.24, 2.45) is 0 Å². The Labute approximate surface area is 119 Å². The minimum Gasteiger partial charge on any atom is -0.356 e. The van der Waals surface area contributed by atoms with Gasteiger partial charge >= 0.3 is 0 Å². The maximum atomic E-state index is 11.4. The molecule has 0 aliphatic rings. The van der Waals surface area contributed by atoms with E-state index >= 15 is 0 Å². The first-order valence-electron chi connectivity index (χ1n) is 6.47. The van der Waals surface area contributed by atoms with Gasteiger partial charge in [0, 0.05) is 19.0 Å². The van der Waals surface area contributed by atoms with Crippen LogP contribution in [-0.4, -0.2) is 30.8 Å². The van der Waals surface area contributed by atoms with Crippen LogP contribution < -0.4 is 5.32 Å². The molecule has 1 aromatic heterocycles. The largest absolute Gasteiger partial charge is 0.356 e. The summed E-state index contributed by atoms with van der Waals surface area (Å²) in [6.45, 7) is 5.44. The summed E-state index contributed by atoms with van der Waals surface area (Å²) in [5.74, 6) is 0.831. The number of imidazole rings is 1. The summed E-state index contributed by atoms with van der Waals surface area (Å²) in [7, 11) is -3.14. The fraction of sp³-hybridized carbons (Fsp3) is 0.357. The lowest BCUT2D eigenvalue weighted by atomic mass is 10.2. The fourth-order valence-corrected chi connectivity index (χ4v) is 2.64. The van der Waals surface area contributed by atoms with Crippen LogP contribution in [-0.2, 0) is 16.4 Å². The van der Waals surface area contributed by atoms with E-state index in [0.717, 1.165) is 23.8 Å². The molecule has 0 unspecified atom stereocenters. The molecule has 108 valence electrons. The molecule has 0 saturated heterocycles. The molecular weight excluding hydrogens is 274 g/mol. The van der Waals surface area contributed by atoms with Crippen molar-refractivity contribution in [2.45, 2.75) is 25.3 Å². The van der Waals surface area contributed by atoms with E-state index < -0.39 is 9.84 Å². The van der Waals surface area contributed by atoms with Gasteiger partial charge in [0.2, 0.25) is 5.95 Å². The number of benzene rings is 1. The van der Waals surface area contributed by atoms with Gasteiger partial charge in [-0.05, 0) is 31.5 Å². The predicted molar refractivity (Wildman–Crippen MR) is 79.8 cm³/mol. The molecule has 1 N–H and O–H groups in total. The third-order valence-electron chi connectivity index (χ3n) is 2.94. The SMILES string of the molecule is CCNc1nc(C)cn1Cc1ccc(S(C)(=O)=O)cc1. The van der Waals surface area contributed by atoms with Crippen molar-refractivity contribution in [3.63, 3.8) is 0 Å². The Morgan fingerprint density at radius 3 is 2.45 bits per heavy atom. The zero-order chi connectivity index (χ0) is 14.8. The third-order valence-corrected chi connectivity index (χ3v) is 4.06. The summed E-state index contributed by atoms with van der Waals surface area (Å²) < 4.78 is 24.9. The normalized spacial score (nSPS) is 11.6. The van der Waals surface area contributed by atoms with Gasteiger partial charge in [0.25, 0.3) is 0 Å². The number of rotatable bonds is 5. The highest BCUT2D eigenvalue weighted by molar-refractivity contribution is 7.90. The summed E-state index contributed by atoms with van der Waals surface area (Å²) >= 11 is 0. The number of nitrogens with zero attached hydrogens (tertiary/aromatic N) is 2. The number of aromatic nitrogens is 2. The molecule has 0 aliphatic heterocycles. The number of anilines is 1. The fourth-order valence-electron chi connectivity index (χ4n) is 2.01. The van der Waals surface area contributed by atoms with Gasteiger partial charge in [-0.15, -0.1) is 0 Å². The lowest BCUT2D eigenvalue weighted by Gasteiger charge is -2.09.